The number of fused-ring (bicyclic) bond motifs is 1. The largest absolute Gasteiger partial charge is 0.405 e. The van der Waals surface area contributed by atoms with Crippen LogP contribution in [0, 0.1) is 5.82 Å². The van der Waals surface area contributed by atoms with E-state index in [1.54, 1.807) is 0 Å². The van der Waals surface area contributed by atoms with Crippen molar-refractivity contribution in [1.29, 1.82) is 0 Å². The fraction of sp³-hybridized carbons (Fsp3) is 0.364. The van der Waals surface area contributed by atoms with E-state index in [0.717, 1.165) is 19.2 Å². The maximum Gasteiger partial charge on any atom is 0.405 e. The zero-order valence-corrected chi connectivity index (χ0v) is 9.75. The van der Waals surface area contributed by atoms with Crippen LogP contribution in [0.1, 0.15) is 11.7 Å². The monoisotopic (exact) mass is 278 g/mol. The van der Waals surface area contributed by atoms with E-state index < -0.39 is 30.5 Å². The zero-order chi connectivity index (χ0) is 14.4. The molecule has 1 aliphatic heterocycles. The van der Waals surface area contributed by atoms with E-state index in [2.05, 4.69) is 5.32 Å². The van der Waals surface area contributed by atoms with E-state index in [1.807, 2.05) is 0 Å². The van der Waals surface area contributed by atoms with E-state index >= 15 is 0 Å². The molecule has 1 amide bonds. The van der Waals surface area contributed by atoms with Gasteiger partial charge in [0.2, 0.25) is 0 Å². The van der Waals surface area contributed by atoms with E-state index in [4.69, 9.17) is 0 Å². The number of nitrogens with zero attached hydrogens (tertiary/aromatic N) is 1. The highest BCUT2D eigenvalue weighted by Gasteiger charge is 2.33. The number of aliphatic hydroxyl groups is 1. The lowest BCUT2D eigenvalue weighted by molar-refractivity contribution is -0.123. The summed E-state index contributed by atoms with van der Waals surface area (Å²) in [5.41, 5.74) is -0.167. The molecule has 19 heavy (non-hydrogen) atoms. The summed E-state index contributed by atoms with van der Waals surface area (Å²) in [5.74, 6) is -1.66. The summed E-state index contributed by atoms with van der Waals surface area (Å²) >= 11 is 0. The van der Waals surface area contributed by atoms with Gasteiger partial charge in [0.25, 0.3) is 5.91 Å². The van der Waals surface area contributed by atoms with Gasteiger partial charge in [-0.25, -0.2) is 4.39 Å². The van der Waals surface area contributed by atoms with Gasteiger partial charge in [-0.05, 0) is 12.1 Å². The standard InChI is InChI=1S/C11H10F4N2O2/c1-17(4-11(13,14)15)8-3-7-5(2-6(8)12)9(18)10(19)16-7/h2-3,9,18H,4H2,1H3,(H,16,19). The van der Waals surface area contributed by atoms with E-state index in [1.165, 1.54) is 0 Å². The molecule has 1 aromatic carbocycles. The number of alkyl halides is 3. The van der Waals surface area contributed by atoms with Crippen molar-refractivity contribution in [3.63, 3.8) is 0 Å². The summed E-state index contributed by atoms with van der Waals surface area (Å²) in [6, 6.07) is 1.94. The molecule has 2 rings (SSSR count). The normalized spacial score (nSPS) is 18.2. The Balaban J connectivity index is 2.34. The molecule has 0 saturated carbocycles. The number of anilines is 2. The van der Waals surface area contributed by atoms with Gasteiger partial charge in [-0.15, -0.1) is 0 Å². The second-order valence-corrected chi connectivity index (χ2v) is 4.25. The number of hydrogen-bond acceptors (Lipinski definition) is 3. The van der Waals surface area contributed by atoms with Gasteiger partial charge in [-0.2, -0.15) is 13.2 Å². The van der Waals surface area contributed by atoms with Crippen molar-refractivity contribution in [2.24, 2.45) is 0 Å². The number of halogens is 4. The average molecular weight is 278 g/mol. The molecule has 1 heterocycles. The third-order valence-corrected chi connectivity index (χ3v) is 2.75. The third kappa shape index (κ3) is 2.62. The second kappa shape index (κ2) is 4.37. The summed E-state index contributed by atoms with van der Waals surface area (Å²) in [6.07, 6.45) is -5.96. The van der Waals surface area contributed by atoms with Gasteiger partial charge in [0.05, 0.1) is 5.69 Å². The second-order valence-electron chi connectivity index (χ2n) is 4.25. The Labute approximate surface area is 105 Å². The van der Waals surface area contributed by atoms with Gasteiger partial charge in [0, 0.05) is 18.3 Å². The van der Waals surface area contributed by atoms with Crippen molar-refractivity contribution in [2.45, 2.75) is 12.3 Å². The van der Waals surface area contributed by atoms with Gasteiger partial charge >= 0.3 is 6.18 Å². The Hall–Kier alpha value is -1.83. The molecule has 0 radical (unpaired) electrons. The molecule has 0 bridgehead atoms. The Morgan fingerprint density at radius 2 is 2.05 bits per heavy atom. The number of carbonyl (C=O) groups is 1. The molecule has 0 spiro atoms. The van der Waals surface area contributed by atoms with Crippen molar-refractivity contribution in [1.82, 2.24) is 0 Å². The summed E-state index contributed by atoms with van der Waals surface area (Å²) < 4.78 is 50.5. The van der Waals surface area contributed by atoms with Gasteiger partial charge in [-0.1, -0.05) is 0 Å². The average Bonchev–Trinajstić information content (AvgIpc) is 2.52. The first-order valence-corrected chi connectivity index (χ1v) is 5.29. The third-order valence-electron chi connectivity index (χ3n) is 2.75. The first-order chi connectivity index (χ1) is 8.69. The molecular weight excluding hydrogens is 268 g/mol. The molecule has 1 aromatic rings. The first-order valence-electron chi connectivity index (χ1n) is 5.29. The molecule has 1 aliphatic rings. The van der Waals surface area contributed by atoms with Gasteiger partial charge in [-0.3, -0.25) is 4.79 Å². The molecule has 0 aromatic heterocycles. The van der Waals surface area contributed by atoms with Crippen LogP contribution in [0.5, 0.6) is 0 Å². The Bertz CT molecular complexity index is 530. The molecule has 104 valence electrons. The number of rotatable bonds is 2. The number of nitrogens with one attached hydrogen (secondary N) is 1. The molecule has 4 nitrogen and oxygen atoms in total. The van der Waals surface area contributed by atoms with Crippen molar-refractivity contribution in [3.8, 4) is 0 Å². The molecular formula is C11H10F4N2O2. The fourth-order valence-electron chi connectivity index (χ4n) is 1.90. The zero-order valence-electron chi connectivity index (χ0n) is 9.75. The Kier molecular flexibility index (Phi) is 3.13. The van der Waals surface area contributed by atoms with Crippen LogP contribution in [0.25, 0.3) is 0 Å². The topological polar surface area (TPSA) is 52.6 Å². The Morgan fingerprint density at radius 1 is 1.42 bits per heavy atom. The number of aliphatic hydroxyl groups excluding tert-OH is 1. The van der Waals surface area contributed by atoms with Crippen LogP contribution in [-0.2, 0) is 4.79 Å². The predicted octanol–water partition coefficient (Wildman–Crippen LogP) is 1.81. The van der Waals surface area contributed by atoms with E-state index in [0.29, 0.717) is 4.90 Å². The highest BCUT2D eigenvalue weighted by Crippen LogP contribution is 2.36. The fourth-order valence-corrected chi connectivity index (χ4v) is 1.90. The number of carbonyl (C=O) groups excluding carboxylic acids is 1. The first kappa shape index (κ1) is 13.6. The maximum absolute atomic E-state index is 13.7. The van der Waals surface area contributed by atoms with Crippen molar-refractivity contribution in [3.05, 3.63) is 23.5 Å². The van der Waals surface area contributed by atoms with Crippen LogP contribution in [0.2, 0.25) is 0 Å². The minimum Gasteiger partial charge on any atom is -0.378 e. The van der Waals surface area contributed by atoms with Gasteiger partial charge < -0.3 is 15.3 Å². The summed E-state index contributed by atoms with van der Waals surface area (Å²) in [5, 5.41) is 11.7. The highest BCUT2D eigenvalue weighted by atomic mass is 19.4. The van der Waals surface area contributed by atoms with Crippen molar-refractivity contribution >= 4 is 17.3 Å². The lowest BCUT2D eigenvalue weighted by atomic mass is 10.1. The lowest BCUT2D eigenvalue weighted by Gasteiger charge is -2.22. The van der Waals surface area contributed by atoms with Gasteiger partial charge in [0.15, 0.2) is 6.10 Å². The molecule has 0 aliphatic carbocycles. The van der Waals surface area contributed by atoms with Crippen LogP contribution >= 0.6 is 0 Å². The van der Waals surface area contributed by atoms with Crippen LogP contribution in [-0.4, -0.2) is 30.8 Å². The highest BCUT2D eigenvalue weighted by molar-refractivity contribution is 6.02. The van der Waals surface area contributed by atoms with Crippen LogP contribution < -0.4 is 10.2 Å². The van der Waals surface area contributed by atoms with Gasteiger partial charge in [0.1, 0.15) is 12.4 Å². The van der Waals surface area contributed by atoms with Crippen molar-refractivity contribution < 1.29 is 27.5 Å². The summed E-state index contributed by atoms with van der Waals surface area (Å²) in [6.45, 7) is -1.32. The number of benzene rings is 1. The maximum atomic E-state index is 13.7. The molecule has 1 atom stereocenters. The molecule has 8 heteroatoms. The quantitative estimate of drug-likeness (QED) is 0.811. The molecule has 2 N–H and O–H groups in total. The minimum absolute atomic E-state index is 0.0201. The summed E-state index contributed by atoms with van der Waals surface area (Å²) in [7, 11) is 1.09. The lowest BCUT2D eigenvalue weighted by Crippen LogP contribution is -2.31. The SMILES string of the molecule is CN(CC(F)(F)F)c1cc2c(cc1F)C(O)C(=O)N2. The minimum atomic E-state index is -4.47. The number of hydrogen-bond donors (Lipinski definition) is 2. The van der Waals surface area contributed by atoms with Crippen LogP contribution in [0.3, 0.4) is 0 Å². The predicted molar refractivity (Wildman–Crippen MR) is 59.3 cm³/mol. The summed E-state index contributed by atoms with van der Waals surface area (Å²) in [4.78, 5) is 11.9. The molecule has 0 fully saturated rings. The van der Waals surface area contributed by atoms with Crippen molar-refractivity contribution in [2.75, 3.05) is 23.8 Å². The van der Waals surface area contributed by atoms with Crippen LogP contribution in [0.4, 0.5) is 28.9 Å². The van der Waals surface area contributed by atoms with Crippen LogP contribution in [0.15, 0.2) is 12.1 Å². The number of amides is 1. The Morgan fingerprint density at radius 3 is 2.63 bits per heavy atom. The smallest absolute Gasteiger partial charge is 0.378 e. The molecule has 1 unspecified atom stereocenters. The molecule has 0 saturated heterocycles. The van der Waals surface area contributed by atoms with E-state index in [-0.39, 0.29) is 16.9 Å². The van der Waals surface area contributed by atoms with E-state index in [9.17, 15) is 27.5 Å².